The minimum absolute atomic E-state index is 0.0641. The van der Waals surface area contributed by atoms with Gasteiger partial charge in [0.1, 0.15) is 0 Å². The Morgan fingerprint density at radius 1 is 1.09 bits per heavy atom. The quantitative estimate of drug-likeness (QED) is 0.781. The molecule has 0 spiro atoms. The zero-order valence-electron chi connectivity index (χ0n) is 12.3. The second kappa shape index (κ2) is 5.48. The molecule has 0 unspecified atom stereocenters. The topological polar surface area (TPSA) is 63.3 Å². The predicted octanol–water partition coefficient (Wildman–Crippen LogP) is 4.32. The van der Waals surface area contributed by atoms with Gasteiger partial charge in [0.25, 0.3) is 0 Å². The fourth-order valence-electron chi connectivity index (χ4n) is 2.42. The maximum Gasteiger partial charge on any atom is 0.358 e. The standard InChI is InChI=1S/C18H15NO3/c1-11-8-9-14(12(2)10-11)16-15(18(20)21)19-17(22-16)13-6-4-3-5-7-13/h3-10H,1-2H3,(H,20,21). The number of rotatable bonds is 3. The minimum atomic E-state index is -1.10. The molecule has 0 saturated carbocycles. The normalized spacial score (nSPS) is 10.6. The Morgan fingerprint density at radius 2 is 1.82 bits per heavy atom. The Bertz CT molecular complexity index is 835. The van der Waals surface area contributed by atoms with Gasteiger partial charge >= 0.3 is 5.97 Å². The molecule has 1 N–H and O–H groups in total. The van der Waals surface area contributed by atoms with Crippen molar-refractivity contribution in [3.8, 4) is 22.8 Å². The van der Waals surface area contributed by atoms with Crippen molar-refractivity contribution in [1.29, 1.82) is 0 Å². The molecule has 110 valence electrons. The molecular formula is C18H15NO3. The lowest BCUT2D eigenvalue weighted by molar-refractivity contribution is 0.0691. The van der Waals surface area contributed by atoms with Crippen LogP contribution in [0.5, 0.6) is 0 Å². The van der Waals surface area contributed by atoms with Crippen LogP contribution in [-0.4, -0.2) is 16.1 Å². The lowest BCUT2D eigenvalue weighted by atomic mass is 10.0. The van der Waals surface area contributed by atoms with Gasteiger partial charge in [-0.25, -0.2) is 9.78 Å². The van der Waals surface area contributed by atoms with E-state index in [0.717, 1.165) is 22.3 Å². The molecule has 3 rings (SSSR count). The van der Waals surface area contributed by atoms with Crippen LogP contribution in [-0.2, 0) is 0 Å². The second-order valence-electron chi connectivity index (χ2n) is 5.19. The van der Waals surface area contributed by atoms with Gasteiger partial charge in [-0.05, 0) is 31.5 Å². The van der Waals surface area contributed by atoms with E-state index in [9.17, 15) is 9.90 Å². The molecule has 4 nitrogen and oxygen atoms in total. The summed E-state index contributed by atoms with van der Waals surface area (Å²) in [5.74, 6) is -0.488. The van der Waals surface area contributed by atoms with E-state index in [0.29, 0.717) is 11.7 Å². The van der Waals surface area contributed by atoms with E-state index in [-0.39, 0.29) is 5.69 Å². The largest absolute Gasteiger partial charge is 0.476 e. The first-order valence-corrected chi connectivity index (χ1v) is 6.93. The van der Waals surface area contributed by atoms with Crippen molar-refractivity contribution in [3.05, 3.63) is 65.4 Å². The summed E-state index contributed by atoms with van der Waals surface area (Å²) in [6.07, 6.45) is 0. The number of hydrogen-bond donors (Lipinski definition) is 1. The summed E-state index contributed by atoms with van der Waals surface area (Å²) in [6.45, 7) is 3.92. The summed E-state index contributed by atoms with van der Waals surface area (Å²) in [6, 6.07) is 15.1. The van der Waals surface area contributed by atoms with Crippen molar-refractivity contribution in [2.24, 2.45) is 0 Å². The van der Waals surface area contributed by atoms with Gasteiger partial charge in [0.15, 0.2) is 11.5 Å². The van der Waals surface area contributed by atoms with Gasteiger partial charge in [-0.3, -0.25) is 0 Å². The SMILES string of the molecule is Cc1ccc(-c2oc(-c3ccccc3)nc2C(=O)O)c(C)c1. The van der Waals surface area contributed by atoms with E-state index < -0.39 is 5.97 Å². The zero-order chi connectivity index (χ0) is 15.7. The van der Waals surface area contributed by atoms with Crippen molar-refractivity contribution in [1.82, 2.24) is 4.98 Å². The molecule has 0 atom stereocenters. The van der Waals surface area contributed by atoms with Crippen LogP contribution in [0, 0.1) is 13.8 Å². The molecule has 1 heterocycles. The number of carboxylic acid groups (broad SMARTS) is 1. The van der Waals surface area contributed by atoms with E-state index in [2.05, 4.69) is 4.98 Å². The fraction of sp³-hybridized carbons (Fsp3) is 0.111. The number of carbonyl (C=O) groups is 1. The van der Waals surface area contributed by atoms with Crippen LogP contribution in [0.25, 0.3) is 22.8 Å². The molecule has 0 saturated heterocycles. The second-order valence-corrected chi connectivity index (χ2v) is 5.19. The van der Waals surface area contributed by atoms with E-state index in [1.807, 2.05) is 62.4 Å². The van der Waals surface area contributed by atoms with Crippen LogP contribution < -0.4 is 0 Å². The Kier molecular flexibility index (Phi) is 3.51. The molecular weight excluding hydrogens is 278 g/mol. The smallest absolute Gasteiger partial charge is 0.358 e. The van der Waals surface area contributed by atoms with Crippen LogP contribution >= 0.6 is 0 Å². The zero-order valence-corrected chi connectivity index (χ0v) is 12.3. The summed E-state index contributed by atoms with van der Waals surface area (Å²) in [5, 5.41) is 9.41. The van der Waals surface area contributed by atoms with Crippen LogP contribution in [0.4, 0.5) is 0 Å². The molecule has 0 aliphatic rings. The van der Waals surface area contributed by atoms with Crippen LogP contribution in [0.3, 0.4) is 0 Å². The highest BCUT2D eigenvalue weighted by Crippen LogP contribution is 2.32. The van der Waals surface area contributed by atoms with E-state index in [1.54, 1.807) is 0 Å². The van der Waals surface area contributed by atoms with Crippen molar-refractivity contribution < 1.29 is 14.3 Å². The predicted molar refractivity (Wildman–Crippen MR) is 83.8 cm³/mol. The number of carboxylic acids is 1. The van der Waals surface area contributed by atoms with Gasteiger partial charge in [0.05, 0.1) is 0 Å². The molecule has 0 aliphatic heterocycles. The van der Waals surface area contributed by atoms with Gasteiger partial charge in [0, 0.05) is 11.1 Å². The minimum Gasteiger partial charge on any atom is -0.476 e. The average molecular weight is 293 g/mol. The first-order chi connectivity index (χ1) is 10.6. The molecule has 0 bridgehead atoms. The van der Waals surface area contributed by atoms with Crippen molar-refractivity contribution in [3.63, 3.8) is 0 Å². The summed E-state index contributed by atoms with van der Waals surface area (Å²) in [7, 11) is 0. The fourth-order valence-corrected chi connectivity index (χ4v) is 2.42. The molecule has 4 heteroatoms. The third-order valence-electron chi connectivity index (χ3n) is 3.48. The lowest BCUT2D eigenvalue weighted by Gasteiger charge is -2.04. The molecule has 22 heavy (non-hydrogen) atoms. The number of aromatic carboxylic acids is 1. The molecule has 0 radical (unpaired) electrons. The highest BCUT2D eigenvalue weighted by molar-refractivity contribution is 5.93. The number of benzene rings is 2. The highest BCUT2D eigenvalue weighted by Gasteiger charge is 2.22. The summed E-state index contributed by atoms with van der Waals surface area (Å²) >= 11 is 0. The van der Waals surface area contributed by atoms with Gasteiger partial charge in [-0.1, -0.05) is 42.0 Å². The van der Waals surface area contributed by atoms with E-state index in [1.165, 1.54) is 0 Å². The van der Waals surface area contributed by atoms with Crippen molar-refractivity contribution in [2.75, 3.05) is 0 Å². The third-order valence-corrected chi connectivity index (χ3v) is 3.48. The van der Waals surface area contributed by atoms with Crippen LogP contribution in [0.2, 0.25) is 0 Å². The summed E-state index contributed by atoms with van der Waals surface area (Å²) < 4.78 is 5.78. The molecule has 2 aromatic carbocycles. The number of oxazole rings is 1. The number of nitrogens with zero attached hydrogens (tertiary/aromatic N) is 1. The van der Waals surface area contributed by atoms with Crippen LogP contribution in [0.15, 0.2) is 52.9 Å². The van der Waals surface area contributed by atoms with Crippen molar-refractivity contribution in [2.45, 2.75) is 13.8 Å². The Balaban J connectivity index is 2.18. The molecule has 0 aliphatic carbocycles. The van der Waals surface area contributed by atoms with Crippen LogP contribution in [0.1, 0.15) is 21.6 Å². The maximum absolute atomic E-state index is 11.5. The molecule has 0 fully saturated rings. The number of hydrogen-bond acceptors (Lipinski definition) is 3. The maximum atomic E-state index is 11.5. The molecule has 3 aromatic rings. The average Bonchev–Trinajstić information content (AvgIpc) is 2.93. The third kappa shape index (κ3) is 2.51. The number of aryl methyl sites for hydroxylation is 2. The Labute approximate surface area is 128 Å². The lowest BCUT2D eigenvalue weighted by Crippen LogP contribution is -1.99. The Morgan fingerprint density at radius 3 is 2.45 bits per heavy atom. The molecule has 0 amide bonds. The molecule has 1 aromatic heterocycles. The highest BCUT2D eigenvalue weighted by atomic mass is 16.4. The van der Waals surface area contributed by atoms with Gasteiger partial charge in [0.2, 0.25) is 5.89 Å². The summed E-state index contributed by atoms with van der Waals surface area (Å²) in [4.78, 5) is 15.6. The first-order valence-electron chi connectivity index (χ1n) is 6.93. The monoisotopic (exact) mass is 293 g/mol. The van der Waals surface area contributed by atoms with Crippen molar-refractivity contribution >= 4 is 5.97 Å². The van der Waals surface area contributed by atoms with Gasteiger partial charge < -0.3 is 9.52 Å². The Hall–Kier alpha value is -2.88. The van der Waals surface area contributed by atoms with E-state index in [4.69, 9.17) is 4.42 Å². The first kappa shape index (κ1) is 14.1. The summed E-state index contributed by atoms with van der Waals surface area (Å²) in [5.41, 5.74) is 3.50. The number of aromatic nitrogens is 1. The van der Waals surface area contributed by atoms with Gasteiger partial charge in [-0.2, -0.15) is 0 Å². The van der Waals surface area contributed by atoms with E-state index >= 15 is 0 Å². The van der Waals surface area contributed by atoms with Gasteiger partial charge in [-0.15, -0.1) is 0 Å².